The van der Waals surface area contributed by atoms with Crippen molar-refractivity contribution in [3.63, 3.8) is 0 Å². The first-order chi connectivity index (χ1) is 14.4. The van der Waals surface area contributed by atoms with Gasteiger partial charge in [-0.15, -0.1) is 0 Å². The zero-order chi connectivity index (χ0) is 23.0. The smallest absolute Gasteiger partial charge is 0.184 e. The molecule has 6 nitrogen and oxygen atoms in total. The Bertz CT molecular complexity index is 1150. The summed E-state index contributed by atoms with van der Waals surface area (Å²) in [6.07, 6.45) is 0. The van der Waals surface area contributed by atoms with E-state index in [2.05, 4.69) is 5.32 Å². The van der Waals surface area contributed by atoms with Crippen molar-refractivity contribution in [2.75, 3.05) is 32.1 Å². The standard InChI is InChI=1S/C21H26ClFN2O4S2/c1-14-10-17(23)8-9-20(14)31(28,29)21-13-30(26,27)12-18(21)24-11-19(25(2)3)15-4-6-16(22)7-5-15/h4-10,18-19,21,24H,11-13H2,1-3H3/t18-,19?,21-/m0/s1. The lowest BCUT2D eigenvalue weighted by Gasteiger charge is -2.28. The third kappa shape index (κ3) is 5.46. The molecule has 1 unspecified atom stereocenters. The molecule has 2 aromatic rings. The van der Waals surface area contributed by atoms with Crippen LogP contribution in [0.15, 0.2) is 47.4 Å². The van der Waals surface area contributed by atoms with Crippen molar-refractivity contribution in [3.05, 3.63) is 64.4 Å². The number of sulfone groups is 2. The lowest BCUT2D eigenvalue weighted by molar-refractivity contribution is 0.282. The van der Waals surface area contributed by atoms with Crippen molar-refractivity contribution >= 4 is 31.3 Å². The zero-order valence-corrected chi connectivity index (χ0v) is 19.9. The molecule has 2 aromatic carbocycles. The highest BCUT2D eigenvalue weighted by Crippen LogP contribution is 2.29. The van der Waals surface area contributed by atoms with E-state index in [1.54, 1.807) is 12.1 Å². The van der Waals surface area contributed by atoms with Crippen molar-refractivity contribution in [2.24, 2.45) is 0 Å². The minimum Gasteiger partial charge on any atom is -0.310 e. The molecule has 0 spiro atoms. The van der Waals surface area contributed by atoms with Gasteiger partial charge in [-0.3, -0.25) is 0 Å². The molecule has 0 amide bonds. The molecule has 1 fully saturated rings. The lowest BCUT2D eigenvalue weighted by atomic mass is 10.1. The van der Waals surface area contributed by atoms with Crippen molar-refractivity contribution in [1.82, 2.24) is 10.2 Å². The van der Waals surface area contributed by atoms with E-state index < -0.39 is 42.5 Å². The molecule has 1 N–H and O–H groups in total. The van der Waals surface area contributed by atoms with Crippen LogP contribution in [-0.4, -0.2) is 65.2 Å². The van der Waals surface area contributed by atoms with Gasteiger partial charge in [-0.1, -0.05) is 23.7 Å². The van der Waals surface area contributed by atoms with E-state index in [9.17, 15) is 21.2 Å². The number of nitrogens with zero attached hydrogens (tertiary/aromatic N) is 1. The summed E-state index contributed by atoms with van der Waals surface area (Å²) in [5.41, 5.74) is 1.23. The highest BCUT2D eigenvalue weighted by Gasteiger charge is 2.46. The van der Waals surface area contributed by atoms with E-state index >= 15 is 0 Å². The van der Waals surface area contributed by atoms with Crippen LogP contribution in [0.5, 0.6) is 0 Å². The largest absolute Gasteiger partial charge is 0.310 e. The van der Waals surface area contributed by atoms with Crippen LogP contribution in [0.1, 0.15) is 17.2 Å². The number of nitrogens with one attached hydrogen (secondary N) is 1. The highest BCUT2D eigenvalue weighted by atomic mass is 35.5. The zero-order valence-electron chi connectivity index (χ0n) is 17.5. The first kappa shape index (κ1) is 24.1. The van der Waals surface area contributed by atoms with Crippen molar-refractivity contribution in [1.29, 1.82) is 0 Å². The second-order valence-electron chi connectivity index (χ2n) is 8.12. The molecule has 1 heterocycles. The van der Waals surface area contributed by atoms with E-state index in [-0.39, 0.29) is 22.3 Å². The summed E-state index contributed by atoms with van der Waals surface area (Å²) in [6.45, 7) is 1.85. The Labute approximate surface area is 188 Å². The topological polar surface area (TPSA) is 83.5 Å². The van der Waals surface area contributed by atoms with Crippen molar-refractivity contribution in [2.45, 2.75) is 29.2 Å². The van der Waals surface area contributed by atoms with Crippen LogP contribution in [0, 0.1) is 12.7 Å². The third-order valence-electron chi connectivity index (χ3n) is 5.59. The molecule has 1 aliphatic heterocycles. The fraction of sp³-hybridized carbons (Fsp3) is 0.429. The molecule has 170 valence electrons. The maximum Gasteiger partial charge on any atom is 0.184 e. The van der Waals surface area contributed by atoms with Gasteiger partial charge in [0.1, 0.15) is 5.82 Å². The molecule has 1 saturated heterocycles. The van der Waals surface area contributed by atoms with Crippen LogP contribution in [0.2, 0.25) is 5.02 Å². The Morgan fingerprint density at radius 2 is 1.81 bits per heavy atom. The summed E-state index contributed by atoms with van der Waals surface area (Å²) in [4.78, 5) is 1.93. The maximum atomic E-state index is 13.5. The summed E-state index contributed by atoms with van der Waals surface area (Å²) in [5.74, 6) is -1.27. The van der Waals surface area contributed by atoms with Gasteiger partial charge in [0.15, 0.2) is 19.7 Å². The summed E-state index contributed by atoms with van der Waals surface area (Å²) in [6, 6.07) is 9.86. The number of rotatable bonds is 7. The van der Waals surface area contributed by atoms with E-state index in [0.717, 1.165) is 17.7 Å². The molecule has 3 rings (SSSR count). The fourth-order valence-corrected chi connectivity index (χ4v) is 9.02. The summed E-state index contributed by atoms with van der Waals surface area (Å²) in [7, 11) is -3.74. The SMILES string of the molecule is Cc1cc(F)ccc1S(=O)(=O)[C@H]1CS(=O)(=O)C[C@@H]1NCC(c1ccc(Cl)cc1)N(C)C. The number of halogens is 2. The molecule has 1 aliphatic rings. The Hall–Kier alpha value is -1.52. The van der Waals surface area contributed by atoms with Gasteiger partial charge in [0.05, 0.1) is 21.7 Å². The van der Waals surface area contributed by atoms with Crippen molar-refractivity contribution in [3.8, 4) is 0 Å². The first-order valence-corrected chi connectivity index (χ1v) is 13.5. The van der Waals surface area contributed by atoms with Crippen molar-refractivity contribution < 1.29 is 21.2 Å². The quantitative estimate of drug-likeness (QED) is 0.603. The number of hydrogen-bond acceptors (Lipinski definition) is 6. The van der Waals surface area contributed by atoms with Crippen LogP contribution in [0.4, 0.5) is 4.39 Å². The summed E-state index contributed by atoms with van der Waals surface area (Å²) in [5, 5.41) is 2.65. The fourth-order valence-electron chi connectivity index (χ4n) is 3.95. The lowest BCUT2D eigenvalue weighted by Crippen LogP contribution is -2.46. The minimum absolute atomic E-state index is 0.0374. The molecular weight excluding hydrogens is 463 g/mol. The Kier molecular flexibility index (Phi) is 7.12. The van der Waals surface area contributed by atoms with E-state index in [0.29, 0.717) is 11.6 Å². The van der Waals surface area contributed by atoms with Gasteiger partial charge < -0.3 is 10.2 Å². The van der Waals surface area contributed by atoms with Gasteiger partial charge in [0, 0.05) is 23.7 Å². The minimum atomic E-state index is -3.98. The number of aryl methyl sites for hydroxylation is 1. The maximum absolute atomic E-state index is 13.5. The van der Waals surface area contributed by atoms with Gasteiger partial charge in [-0.25, -0.2) is 21.2 Å². The molecule has 10 heteroatoms. The number of hydrogen-bond donors (Lipinski definition) is 1. The molecule has 0 saturated carbocycles. The molecule has 0 bridgehead atoms. The predicted molar refractivity (Wildman–Crippen MR) is 120 cm³/mol. The predicted octanol–water partition coefficient (Wildman–Crippen LogP) is 2.62. The number of benzene rings is 2. The third-order valence-corrected chi connectivity index (χ3v) is 10.2. The first-order valence-electron chi connectivity index (χ1n) is 9.76. The second-order valence-corrected chi connectivity index (χ2v) is 12.8. The average molecular weight is 489 g/mol. The Morgan fingerprint density at radius 3 is 2.39 bits per heavy atom. The molecule has 31 heavy (non-hydrogen) atoms. The molecule has 0 radical (unpaired) electrons. The summed E-state index contributed by atoms with van der Waals surface area (Å²) >= 11 is 5.97. The monoisotopic (exact) mass is 488 g/mol. The van der Waals surface area contributed by atoms with Gasteiger partial charge >= 0.3 is 0 Å². The Balaban J connectivity index is 1.87. The van der Waals surface area contributed by atoms with Crippen LogP contribution >= 0.6 is 11.6 Å². The Morgan fingerprint density at radius 1 is 1.16 bits per heavy atom. The van der Waals surface area contributed by atoms with Gasteiger partial charge in [0.25, 0.3) is 0 Å². The normalized spacial score (nSPS) is 22.0. The van der Waals surface area contributed by atoms with Gasteiger partial charge in [-0.2, -0.15) is 0 Å². The van der Waals surface area contributed by atoms with Crippen LogP contribution in [-0.2, 0) is 19.7 Å². The average Bonchev–Trinajstić information content (AvgIpc) is 2.98. The van der Waals surface area contributed by atoms with Gasteiger partial charge in [0.2, 0.25) is 0 Å². The second kappa shape index (κ2) is 9.15. The van der Waals surface area contributed by atoms with E-state index in [1.807, 2.05) is 31.1 Å². The molecule has 0 aliphatic carbocycles. The van der Waals surface area contributed by atoms with E-state index in [1.165, 1.54) is 13.0 Å². The highest BCUT2D eigenvalue weighted by molar-refractivity contribution is 7.96. The molecule has 3 atom stereocenters. The van der Waals surface area contributed by atoms with Crippen LogP contribution in [0.3, 0.4) is 0 Å². The van der Waals surface area contributed by atoms with Gasteiger partial charge in [-0.05, 0) is 62.5 Å². The molecular formula is C21H26ClFN2O4S2. The number of likely N-dealkylation sites (N-methyl/N-ethyl adjacent to an activating group) is 1. The van der Waals surface area contributed by atoms with E-state index in [4.69, 9.17) is 11.6 Å². The molecule has 0 aromatic heterocycles. The van der Waals surface area contributed by atoms with Crippen LogP contribution in [0.25, 0.3) is 0 Å². The summed E-state index contributed by atoms with van der Waals surface area (Å²) < 4.78 is 64.8. The van der Waals surface area contributed by atoms with Crippen LogP contribution < -0.4 is 5.32 Å².